The molecule has 0 saturated heterocycles. The molecule has 0 aliphatic carbocycles. The number of fused-ring (bicyclic) bond motifs is 1. The van der Waals surface area contributed by atoms with Gasteiger partial charge in [-0.05, 0) is 26.0 Å². The standard InChI is InChI=1S/C16H19N3O5S/c1-10(2)17-16(23)18-13(20)8-24-15(22)7-19-11-5-3-4-6-12(11)25-9-14(19)21/h3-6,10H,7-9H2,1-2H3,(H2,17,18,20,23). The lowest BCUT2D eigenvalue weighted by Gasteiger charge is -2.27. The fourth-order valence-electron chi connectivity index (χ4n) is 2.11. The van der Waals surface area contributed by atoms with Crippen LogP contribution in [-0.4, -0.2) is 48.8 Å². The van der Waals surface area contributed by atoms with Crippen molar-refractivity contribution in [2.45, 2.75) is 24.8 Å². The number of ether oxygens (including phenoxy) is 1. The van der Waals surface area contributed by atoms with Gasteiger partial charge in [-0.2, -0.15) is 0 Å². The highest BCUT2D eigenvalue weighted by atomic mass is 32.2. The van der Waals surface area contributed by atoms with Gasteiger partial charge in [-0.1, -0.05) is 12.1 Å². The first-order valence-electron chi connectivity index (χ1n) is 7.65. The van der Waals surface area contributed by atoms with E-state index in [1.165, 1.54) is 16.7 Å². The molecular weight excluding hydrogens is 346 g/mol. The van der Waals surface area contributed by atoms with Crippen LogP contribution in [0.25, 0.3) is 0 Å². The Balaban J connectivity index is 1.85. The summed E-state index contributed by atoms with van der Waals surface area (Å²) >= 11 is 1.41. The molecule has 8 nitrogen and oxygen atoms in total. The second-order valence-corrected chi connectivity index (χ2v) is 6.59. The molecule has 1 aromatic carbocycles. The lowest BCUT2D eigenvalue weighted by molar-refractivity contribution is -0.147. The molecule has 2 N–H and O–H groups in total. The van der Waals surface area contributed by atoms with E-state index in [0.717, 1.165) is 4.90 Å². The van der Waals surface area contributed by atoms with Crippen LogP contribution in [0, 0.1) is 0 Å². The van der Waals surface area contributed by atoms with E-state index in [0.29, 0.717) is 5.69 Å². The van der Waals surface area contributed by atoms with Crippen LogP contribution in [0.15, 0.2) is 29.2 Å². The summed E-state index contributed by atoms with van der Waals surface area (Å²) in [5.41, 5.74) is 0.640. The minimum atomic E-state index is -0.743. The summed E-state index contributed by atoms with van der Waals surface area (Å²) in [6.07, 6.45) is 0. The number of hydrogen-bond acceptors (Lipinski definition) is 6. The molecule has 25 heavy (non-hydrogen) atoms. The first-order chi connectivity index (χ1) is 11.9. The van der Waals surface area contributed by atoms with E-state index in [1.807, 2.05) is 17.4 Å². The Bertz CT molecular complexity index is 692. The first kappa shape index (κ1) is 18.8. The predicted octanol–water partition coefficient (Wildman–Crippen LogP) is 0.903. The quantitative estimate of drug-likeness (QED) is 0.752. The Morgan fingerprint density at radius 2 is 2.00 bits per heavy atom. The molecule has 0 unspecified atom stereocenters. The number of esters is 1. The van der Waals surface area contributed by atoms with E-state index in [9.17, 15) is 19.2 Å². The number of para-hydroxylation sites is 1. The fourth-order valence-corrected chi connectivity index (χ4v) is 3.04. The van der Waals surface area contributed by atoms with E-state index >= 15 is 0 Å². The Morgan fingerprint density at radius 3 is 2.72 bits per heavy atom. The molecule has 1 aliphatic heterocycles. The van der Waals surface area contributed by atoms with Crippen LogP contribution < -0.4 is 15.5 Å². The molecule has 0 fully saturated rings. The Labute approximate surface area is 149 Å². The molecule has 9 heteroatoms. The molecule has 2 rings (SSSR count). The van der Waals surface area contributed by atoms with Gasteiger partial charge < -0.3 is 10.1 Å². The Morgan fingerprint density at radius 1 is 1.28 bits per heavy atom. The van der Waals surface area contributed by atoms with Crippen molar-refractivity contribution in [1.82, 2.24) is 10.6 Å². The lowest BCUT2D eigenvalue weighted by atomic mass is 10.2. The molecular formula is C16H19N3O5S. The topological polar surface area (TPSA) is 105 Å². The number of thioether (sulfide) groups is 1. The number of urea groups is 1. The average Bonchev–Trinajstić information content (AvgIpc) is 2.55. The van der Waals surface area contributed by atoms with Gasteiger partial charge in [0.15, 0.2) is 6.61 Å². The Hall–Kier alpha value is -2.55. The van der Waals surface area contributed by atoms with Gasteiger partial charge in [0.25, 0.3) is 5.91 Å². The van der Waals surface area contributed by atoms with Gasteiger partial charge in [0, 0.05) is 10.9 Å². The van der Waals surface area contributed by atoms with E-state index < -0.39 is 24.5 Å². The number of nitrogens with zero attached hydrogens (tertiary/aromatic N) is 1. The molecule has 1 heterocycles. The third-order valence-electron chi connectivity index (χ3n) is 3.13. The van der Waals surface area contributed by atoms with Gasteiger partial charge in [-0.25, -0.2) is 4.79 Å². The van der Waals surface area contributed by atoms with Crippen molar-refractivity contribution in [2.75, 3.05) is 23.8 Å². The molecule has 1 aliphatic rings. The minimum absolute atomic E-state index is 0.126. The fraction of sp³-hybridized carbons (Fsp3) is 0.375. The SMILES string of the molecule is CC(C)NC(=O)NC(=O)COC(=O)CN1C(=O)CSc2ccccc21. The van der Waals surface area contributed by atoms with Crippen LogP contribution in [0.4, 0.5) is 10.5 Å². The monoisotopic (exact) mass is 365 g/mol. The van der Waals surface area contributed by atoms with E-state index in [2.05, 4.69) is 5.32 Å². The smallest absolute Gasteiger partial charge is 0.326 e. The zero-order valence-corrected chi connectivity index (χ0v) is 14.7. The molecule has 0 saturated carbocycles. The molecule has 0 atom stereocenters. The molecule has 4 amide bonds. The highest BCUT2D eigenvalue weighted by Crippen LogP contribution is 2.34. The summed E-state index contributed by atoms with van der Waals surface area (Å²) in [5.74, 6) is -1.44. The Kier molecular flexibility index (Phi) is 6.40. The molecule has 0 spiro atoms. The van der Waals surface area contributed by atoms with Crippen LogP contribution in [0.5, 0.6) is 0 Å². The second-order valence-electron chi connectivity index (χ2n) is 5.57. The summed E-state index contributed by atoms with van der Waals surface area (Å²) in [6, 6.07) is 6.45. The summed E-state index contributed by atoms with van der Waals surface area (Å²) in [5, 5.41) is 4.52. The van der Waals surface area contributed by atoms with E-state index in [-0.39, 0.29) is 24.2 Å². The van der Waals surface area contributed by atoms with Crippen molar-refractivity contribution in [3.63, 3.8) is 0 Å². The average molecular weight is 365 g/mol. The van der Waals surface area contributed by atoms with E-state index in [1.54, 1.807) is 26.0 Å². The number of carbonyl (C=O) groups excluding carboxylic acids is 4. The number of amides is 4. The van der Waals surface area contributed by atoms with Gasteiger partial charge in [-0.15, -0.1) is 11.8 Å². The summed E-state index contributed by atoms with van der Waals surface area (Å²) < 4.78 is 4.84. The van der Waals surface area contributed by atoms with Crippen LogP contribution >= 0.6 is 11.8 Å². The maximum absolute atomic E-state index is 12.0. The van der Waals surface area contributed by atoms with Crippen molar-refractivity contribution >= 4 is 41.3 Å². The summed E-state index contributed by atoms with van der Waals surface area (Å²) in [6.45, 7) is 2.61. The highest BCUT2D eigenvalue weighted by molar-refractivity contribution is 8.00. The van der Waals surface area contributed by atoms with Crippen LogP contribution in [-0.2, 0) is 19.1 Å². The van der Waals surface area contributed by atoms with Gasteiger partial charge in [-0.3, -0.25) is 24.6 Å². The van der Waals surface area contributed by atoms with Crippen LogP contribution in [0.2, 0.25) is 0 Å². The maximum atomic E-state index is 12.0. The maximum Gasteiger partial charge on any atom is 0.326 e. The number of benzene rings is 1. The summed E-state index contributed by atoms with van der Waals surface area (Å²) in [4.78, 5) is 49.1. The molecule has 1 aromatic rings. The van der Waals surface area contributed by atoms with Crippen LogP contribution in [0.3, 0.4) is 0 Å². The number of rotatable bonds is 5. The van der Waals surface area contributed by atoms with Gasteiger partial charge >= 0.3 is 12.0 Å². The number of hydrogen-bond donors (Lipinski definition) is 2. The normalized spacial score (nSPS) is 13.2. The first-order valence-corrected chi connectivity index (χ1v) is 8.63. The number of nitrogens with one attached hydrogen (secondary N) is 2. The predicted molar refractivity (Wildman–Crippen MR) is 92.3 cm³/mol. The molecule has 0 radical (unpaired) electrons. The summed E-state index contributed by atoms with van der Waals surface area (Å²) in [7, 11) is 0. The number of imide groups is 1. The minimum Gasteiger partial charge on any atom is -0.454 e. The largest absolute Gasteiger partial charge is 0.454 e. The number of carbonyl (C=O) groups is 4. The van der Waals surface area contributed by atoms with Crippen LogP contribution in [0.1, 0.15) is 13.8 Å². The zero-order valence-electron chi connectivity index (χ0n) is 13.9. The van der Waals surface area contributed by atoms with Gasteiger partial charge in [0.1, 0.15) is 6.54 Å². The van der Waals surface area contributed by atoms with Gasteiger partial charge in [0.05, 0.1) is 11.4 Å². The molecule has 0 aromatic heterocycles. The van der Waals surface area contributed by atoms with Crippen molar-refractivity contribution in [3.05, 3.63) is 24.3 Å². The number of anilines is 1. The third kappa shape index (κ3) is 5.49. The van der Waals surface area contributed by atoms with Crippen molar-refractivity contribution in [2.24, 2.45) is 0 Å². The molecule has 134 valence electrons. The highest BCUT2D eigenvalue weighted by Gasteiger charge is 2.27. The zero-order chi connectivity index (χ0) is 18.4. The van der Waals surface area contributed by atoms with Gasteiger partial charge in [0.2, 0.25) is 5.91 Å². The van der Waals surface area contributed by atoms with Crippen molar-refractivity contribution in [1.29, 1.82) is 0 Å². The molecule has 0 bridgehead atoms. The lowest BCUT2D eigenvalue weighted by Crippen LogP contribution is -2.44. The van der Waals surface area contributed by atoms with E-state index in [4.69, 9.17) is 4.74 Å². The van der Waals surface area contributed by atoms with Crippen molar-refractivity contribution < 1.29 is 23.9 Å². The van der Waals surface area contributed by atoms with Crippen molar-refractivity contribution in [3.8, 4) is 0 Å². The second kappa shape index (κ2) is 8.52. The third-order valence-corrected chi connectivity index (χ3v) is 4.18.